The highest BCUT2D eigenvalue weighted by molar-refractivity contribution is 5.93. The molecule has 1 saturated carbocycles. The molecular weight excluding hydrogens is 302 g/mol. The number of hydrogen-bond donors (Lipinski definition) is 0. The van der Waals surface area contributed by atoms with Gasteiger partial charge in [0.05, 0.1) is 6.61 Å². The van der Waals surface area contributed by atoms with Gasteiger partial charge in [-0.3, -0.25) is 9.36 Å². The number of aryl methyl sites for hydroxylation is 1. The highest BCUT2D eigenvalue weighted by Gasteiger charge is 2.63. The lowest BCUT2D eigenvalue weighted by atomic mass is 9.48. The lowest BCUT2D eigenvalue weighted by Gasteiger charge is -2.56. The smallest absolute Gasteiger partial charge is 0.319 e. The van der Waals surface area contributed by atoms with Crippen molar-refractivity contribution in [3.05, 3.63) is 23.5 Å². The van der Waals surface area contributed by atoms with Crippen LogP contribution in [0.1, 0.15) is 43.0 Å². The normalized spacial score (nSPS) is 28.8. The third-order valence-corrected chi connectivity index (χ3v) is 5.65. The molecule has 0 bridgehead atoms. The zero-order valence-corrected chi connectivity index (χ0v) is 14.1. The second kappa shape index (κ2) is 5.30. The van der Waals surface area contributed by atoms with Crippen LogP contribution in [0, 0.1) is 23.7 Å². The topological polar surface area (TPSA) is 34.5 Å². The Morgan fingerprint density at radius 3 is 2.70 bits per heavy atom. The molecule has 0 unspecified atom stereocenters. The average Bonchev–Trinajstić information content (AvgIpc) is 2.97. The van der Waals surface area contributed by atoms with Gasteiger partial charge in [-0.05, 0) is 36.8 Å². The summed E-state index contributed by atoms with van der Waals surface area (Å²) in [6.07, 6.45) is 0.997. The summed E-state index contributed by atoms with van der Waals surface area (Å²) in [4.78, 5) is 14.5. The number of alkyl halides is 2. The summed E-state index contributed by atoms with van der Waals surface area (Å²) >= 11 is 0. The number of likely N-dealkylation sites (tertiary alicyclic amines) is 1. The molecule has 1 aromatic heterocycles. The van der Waals surface area contributed by atoms with E-state index >= 15 is 0 Å². The molecule has 0 radical (unpaired) electrons. The van der Waals surface area contributed by atoms with Crippen LogP contribution in [0.3, 0.4) is 0 Å². The van der Waals surface area contributed by atoms with Crippen LogP contribution in [0.25, 0.3) is 0 Å². The predicted molar refractivity (Wildman–Crippen MR) is 82.5 cm³/mol. The maximum atomic E-state index is 13.2. The average molecular weight is 326 g/mol. The molecule has 2 heterocycles. The zero-order chi connectivity index (χ0) is 17.0. The number of nitrogens with zero attached hydrogens (tertiary/aromatic N) is 2. The third kappa shape index (κ3) is 2.38. The minimum atomic E-state index is -2.70. The Hall–Kier alpha value is -1.43. The molecule has 4 nitrogen and oxygen atoms in total. The highest BCUT2D eigenvalue weighted by atomic mass is 19.3. The second-order valence-corrected chi connectivity index (χ2v) is 7.71. The molecule has 1 saturated heterocycles. The van der Waals surface area contributed by atoms with Gasteiger partial charge in [-0.25, -0.2) is 0 Å². The van der Waals surface area contributed by atoms with Crippen molar-refractivity contribution in [3.63, 3.8) is 0 Å². The van der Waals surface area contributed by atoms with Crippen molar-refractivity contribution in [2.75, 3.05) is 26.8 Å². The number of amides is 1. The lowest BCUT2D eigenvalue weighted by Crippen LogP contribution is -2.55. The van der Waals surface area contributed by atoms with Crippen molar-refractivity contribution in [2.24, 2.45) is 16.7 Å². The number of methoxy groups -OCH3 is 1. The summed E-state index contributed by atoms with van der Waals surface area (Å²) in [5, 5.41) is 0. The molecule has 0 aromatic carbocycles. The SMILES string of the molecule is COC[C@@]12CN(C(=O)c3ccc(C)n3C(F)F)C[C@@H]1C(C)(C)C2. The van der Waals surface area contributed by atoms with E-state index in [1.54, 1.807) is 25.0 Å². The van der Waals surface area contributed by atoms with E-state index in [9.17, 15) is 13.6 Å². The Balaban J connectivity index is 1.85. The van der Waals surface area contributed by atoms with Crippen LogP contribution in [-0.2, 0) is 4.74 Å². The van der Waals surface area contributed by atoms with Crippen molar-refractivity contribution in [1.29, 1.82) is 0 Å². The molecule has 2 fully saturated rings. The summed E-state index contributed by atoms with van der Waals surface area (Å²) in [6, 6.07) is 3.07. The van der Waals surface area contributed by atoms with Gasteiger partial charge in [-0.1, -0.05) is 13.8 Å². The molecule has 23 heavy (non-hydrogen) atoms. The van der Waals surface area contributed by atoms with Crippen LogP contribution in [0.4, 0.5) is 8.78 Å². The Bertz CT molecular complexity index is 626. The van der Waals surface area contributed by atoms with Gasteiger partial charge in [0.25, 0.3) is 5.91 Å². The minimum Gasteiger partial charge on any atom is -0.384 e. The van der Waals surface area contributed by atoms with Crippen molar-refractivity contribution >= 4 is 5.91 Å². The first-order chi connectivity index (χ1) is 10.7. The summed E-state index contributed by atoms with van der Waals surface area (Å²) in [5.74, 6) is 0.0500. The standard InChI is InChI=1S/C17H24F2N2O2/c1-11-5-6-12(21(11)15(18)19)14(22)20-7-13-16(2,3)8-17(13,9-20)10-23-4/h5-6,13,15H,7-10H2,1-4H3/t13-,17-/m1/s1. The third-order valence-electron chi connectivity index (χ3n) is 5.65. The van der Waals surface area contributed by atoms with Gasteiger partial charge in [0.15, 0.2) is 0 Å². The highest BCUT2D eigenvalue weighted by Crippen LogP contribution is 2.62. The molecule has 1 aliphatic carbocycles. The number of ether oxygens (including phenoxy) is 1. The molecule has 6 heteroatoms. The summed E-state index contributed by atoms with van der Waals surface area (Å²) in [6.45, 7) is 5.10. The fourth-order valence-corrected chi connectivity index (χ4v) is 4.91. The van der Waals surface area contributed by atoms with Crippen LogP contribution < -0.4 is 0 Å². The number of carbonyl (C=O) groups is 1. The summed E-state index contributed by atoms with van der Waals surface area (Å²) in [5.41, 5.74) is 0.612. The molecule has 1 aromatic rings. The minimum absolute atomic E-state index is 0.0226. The van der Waals surface area contributed by atoms with Crippen molar-refractivity contribution in [3.8, 4) is 0 Å². The Morgan fingerprint density at radius 1 is 1.43 bits per heavy atom. The maximum Gasteiger partial charge on any atom is 0.319 e. The monoisotopic (exact) mass is 326 g/mol. The quantitative estimate of drug-likeness (QED) is 0.850. The van der Waals surface area contributed by atoms with Gasteiger partial charge in [-0.2, -0.15) is 8.78 Å². The van der Waals surface area contributed by atoms with Crippen LogP contribution in [0.15, 0.2) is 12.1 Å². The van der Waals surface area contributed by atoms with Crippen molar-refractivity contribution in [1.82, 2.24) is 9.47 Å². The van der Waals surface area contributed by atoms with Gasteiger partial charge in [-0.15, -0.1) is 0 Å². The van der Waals surface area contributed by atoms with Gasteiger partial charge < -0.3 is 9.64 Å². The van der Waals surface area contributed by atoms with E-state index in [2.05, 4.69) is 13.8 Å². The number of fused-ring (bicyclic) bond motifs is 1. The second-order valence-electron chi connectivity index (χ2n) is 7.71. The summed E-state index contributed by atoms with van der Waals surface area (Å²) < 4.78 is 32.6. The summed E-state index contributed by atoms with van der Waals surface area (Å²) in [7, 11) is 1.67. The van der Waals surface area contributed by atoms with Crippen LogP contribution in [-0.4, -0.2) is 42.2 Å². The Morgan fingerprint density at radius 2 is 2.13 bits per heavy atom. The van der Waals surface area contributed by atoms with E-state index in [1.165, 1.54) is 6.07 Å². The molecule has 1 amide bonds. The molecule has 0 spiro atoms. The van der Waals surface area contributed by atoms with Gasteiger partial charge >= 0.3 is 6.55 Å². The van der Waals surface area contributed by atoms with Crippen molar-refractivity contribution < 1.29 is 18.3 Å². The Kier molecular flexibility index (Phi) is 3.78. The van der Waals surface area contributed by atoms with Crippen LogP contribution in [0.2, 0.25) is 0 Å². The first-order valence-electron chi connectivity index (χ1n) is 7.96. The zero-order valence-electron chi connectivity index (χ0n) is 14.1. The number of rotatable bonds is 4. The molecule has 0 N–H and O–H groups in total. The van der Waals surface area contributed by atoms with Crippen molar-refractivity contribution in [2.45, 2.75) is 33.7 Å². The molecule has 128 valence electrons. The molecule has 2 atom stereocenters. The van der Waals surface area contributed by atoms with Crippen LogP contribution >= 0.6 is 0 Å². The predicted octanol–water partition coefficient (Wildman–Crippen LogP) is 3.33. The van der Waals surface area contributed by atoms with E-state index in [0.29, 0.717) is 31.3 Å². The number of halogens is 2. The maximum absolute atomic E-state index is 13.2. The van der Waals surface area contributed by atoms with E-state index in [0.717, 1.165) is 11.0 Å². The van der Waals surface area contributed by atoms with E-state index in [-0.39, 0.29) is 22.4 Å². The number of carbonyl (C=O) groups excluding carboxylic acids is 1. The van der Waals surface area contributed by atoms with Gasteiger partial charge in [0, 0.05) is 31.3 Å². The van der Waals surface area contributed by atoms with Crippen LogP contribution in [0.5, 0.6) is 0 Å². The first-order valence-corrected chi connectivity index (χ1v) is 7.96. The number of aromatic nitrogens is 1. The van der Waals surface area contributed by atoms with E-state index in [4.69, 9.17) is 4.74 Å². The lowest BCUT2D eigenvalue weighted by molar-refractivity contribution is -0.107. The molecule has 1 aliphatic heterocycles. The fraction of sp³-hybridized carbons (Fsp3) is 0.706. The number of hydrogen-bond acceptors (Lipinski definition) is 2. The molecule has 3 rings (SSSR count). The molecular formula is C17H24F2N2O2. The van der Waals surface area contributed by atoms with Gasteiger partial charge in [0.2, 0.25) is 0 Å². The largest absolute Gasteiger partial charge is 0.384 e. The van der Waals surface area contributed by atoms with E-state index < -0.39 is 6.55 Å². The first kappa shape index (κ1) is 16.4. The molecule has 2 aliphatic rings. The fourth-order valence-electron chi connectivity index (χ4n) is 4.91. The van der Waals surface area contributed by atoms with E-state index in [1.807, 2.05) is 0 Å². The van der Waals surface area contributed by atoms with Gasteiger partial charge in [0.1, 0.15) is 5.69 Å². The Labute approximate surface area is 135 Å².